The van der Waals surface area contributed by atoms with Crippen LogP contribution in [0.15, 0.2) is 91.4 Å². The standard InChI is InChI=1S/C25H20N4O.ClH/c30-25-22(16-19-11-13-26-14-12-19)28-24-21(15-18-7-3-1-4-8-18)27-23(17-29(24)25)20-9-5-2-6-10-20;/h1-14,17,30H,15-16H2;1H. The molecule has 5 rings (SSSR count). The minimum absolute atomic E-state index is 0. The minimum atomic E-state index is 0. The number of rotatable bonds is 5. The summed E-state index contributed by atoms with van der Waals surface area (Å²) in [6.45, 7) is 0. The van der Waals surface area contributed by atoms with Gasteiger partial charge < -0.3 is 5.11 Å². The third-order valence-electron chi connectivity index (χ3n) is 5.13. The summed E-state index contributed by atoms with van der Waals surface area (Å²) >= 11 is 0. The quantitative estimate of drug-likeness (QED) is 0.423. The van der Waals surface area contributed by atoms with Gasteiger partial charge in [0.05, 0.1) is 11.4 Å². The average Bonchev–Trinajstić information content (AvgIpc) is 3.11. The maximum absolute atomic E-state index is 11.0. The van der Waals surface area contributed by atoms with E-state index in [1.54, 1.807) is 16.8 Å². The lowest BCUT2D eigenvalue weighted by Gasteiger charge is -2.08. The first-order valence-electron chi connectivity index (χ1n) is 9.86. The topological polar surface area (TPSA) is 63.3 Å². The van der Waals surface area contributed by atoms with Gasteiger partial charge in [-0.05, 0) is 23.3 Å². The van der Waals surface area contributed by atoms with Crippen molar-refractivity contribution >= 4 is 18.1 Å². The smallest absolute Gasteiger partial charge is 0.219 e. The Morgan fingerprint density at radius 3 is 2.03 bits per heavy atom. The summed E-state index contributed by atoms with van der Waals surface area (Å²) < 4.78 is 1.75. The Morgan fingerprint density at radius 2 is 1.32 bits per heavy atom. The van der Waals surface area contributed by atoms with Crippen molar-refractivity contribution in [1.29, 1.82) is 0 Å². The second-order valence-electron chi connectivity index (χ2n) is 7.21. The molecule has 5 nitrogen and oxygen atoms in total. The second kappa shape index (κ2) is 8.98. The predicted molar refractivity (Wildman–Crippen MR) is 124 cm³/mol. The molecule has 6 heteroatoms. The molecule has 0 saturated heterocycles. The van der Waals surface area contributed by atoms with E-state index in [1.165, 1.54) is 0 Å². The van der Waals surface area contributed by atoms with Gasteiger partial charge in [0, 0.05) is 37.0 Å². The van der Waals surface area contributed by atoms with Crippen molar-refractivity contribution in [2.75, 3.05) is 0 Å². The van der Waals surface area contributed by atoms with Crippen LogP contribution in [-0.2, 0) is 12.8 Å². The molecule has 0 radical (unpaired) electrons. The Morgan fingerprint density at radius 1 is 0.710 bits per heavy atom. The van der Waals surface area contributed by atoms with Crippen molar-refractivity contribution in [3.63, 3.8) is 0 Å². The van der Waals surface area contributed by atoms with E-state index in [-0.39, 0.29) is 18.3 Å². The fourth-order valence-corrected chi connectivity index (χ4v) is 3.61. The SMILES string of the molecule is Cl.Oc1c(Cc2ccncc2)nc2c(Cc3ccccc3)nc(-c3ccccc3)cn12. The van der Waals surface area contributed by atoms with Crippen LogP contribution in [0.25, 0.3) is 16.9 Å². The summed E-state index contributed by atoms with van der Waals surface area (Å²) in [6.07, 6.45) is 6.52. The van der Waals surface area contributed by atoms with E-state index < -0.39 is 0 Å². The lowest BCUT2D eigenvalue weighted by atomic mass is 10.1. The molecule has 0 aliphatic heterocycles. The monoisotopic (exact) mass is 428 g/mol. The molecule has 0 atom stereocenters. The number of aromatic hydroxyl groups is 1. The highest BCUT2D eigenvalue weighted by Gasteiger charge is 2.18. The summed E-state index contributed by atoms with van der Waals surface area (Å²) in [7, 11) is 0. The van der Waals surface area contributed by atoms with Crippen LogP contribution < -0.4 is 0 Å². The van der Waals surface area contributed by atoms with Crippen molar-refractivity contribution in [3.8, 4) is 17.1 Å². The van der Waals surface area contributed by atoms with E-state index in [0.29, 0.717) is 24.2 Å². The second-order valence-corrected chi connectivity index (χ2v) is 7.21. The molecule has 0 bridgehead atoms. The molecule has 3 heterocycles. The van der Waals surface area contributed by atoms with E-state index >= 15 is 0 Å². The van der Waals surface area contributed by atoms with Gasteiger partial charge in [-0.25, -0.2) is 9.97 Å². The van der Waals surface area contributed by atoms with Gasteiger partial charge in [-0.2, -0.15) is 0 Å². The number of nitrogens with zero attached hydrogens (tertiary/aromatic N) is 4. The van der Waals surface area contributed by atoms with Crippen LogP contribution in [0.1, 0.15) is 22.5 Å². The zero-order chi connectivity index (χ0) is 20.3. The Hall–Kier alpha value is -3.70. The number of aromatic nitrogens is 4. The van der Waals surface area contributed by atoms with E-state index in [1.807, 2.05) is 66.9 Å². The van der Waals surface area contributed by atoms with Gasteiger partial charge in [0.1, 0.15) is 5.69 Å². The first-order valence-corrected chi connectivity index (χ1v) is 9.86. The normalized spacial score (nSPS) is 10.7. The highest BCUT2D eigenvalue weighted by Crippen LogP contribution is 2.28. The highest BCUT2D eigenvalue weighted by atomic mass is 35.5. The number of halogens is 1. The van der Waals surface area contributed by atoms with Crippen LogP contribution >= 0.6 is 12.4 Å². The zero-order valence-corrected chi connectivity index (χ0v) is 17.5. The Kier molecular flexibility index (Phi) is 5.96. The number of imidazole rings is 1. The number of fused-ring (bicyclic) bond motifs is 1. The molecular weight excluding hydrogens is 408 g/mol. The molecule has 0 amide bonds. The maximum Gasteiger partial charge on any atom is 0.219 e. The fraction of sp³-hybridized carbons (Fsp3) is 0.0800. The molecule has 31 heavy (non-hydrogen) atoms. The van der Waals surface area contributed by atoms with Crippen molar-refractivity contribution < 1.29 is 5.11 Å². The number of hydrogen-bond donors (Lipinski definition) is 1. The lowest BCUT2D eigenvalue weighted by Crippen LogP contribution is -2.00. The van der Waals surface area contributed by atoms with Gasteiger partial charge in [-0.3, -0.25) is 9.38 Å². The molecule has 3 aromatic heterocycles. The summed E-state index contributed by atoms with van der Waals surface area (Å²) in [4.78, 5) is 13.8. The largest absolute Gasteiger partial charge is 0.493 e. The molecule has 0 unspecified atom stereocenters. The van der Waals surface area contributed by atoms with E-state index in [9.17, 15) is 5.11 Å². The molecule has 154 valence electrons. The van der Waals surface area contributed by atoms with Crippen LogP contribution in [0.4, 0.5) is 0 Å². The van der Waals surface area contributed by atoms with Gasteiger partial charge in [0.15, 0.2) is 5.65 Å². The van der Waals surface area contributed by atoms with Crippen molar-refractivity contribution in [2.45, 2.75) is 12.8 Å². The first kappa shape index (κ1) is 20.6. The summed E-state index contributed by atoms with van der Waals surface area (Å²) in [6, 6.07) is 24.1. The summed E-state index contributed by atoms with van der Waals surface area (Å²) in [5, 5.41) is 11.0. The van der Waals surface area contributed by atoms with Crippen LogP contribution in [0.5, 0.6) is 5.88 Å². The molecule has 5 aromatic rings. The van der Waals surface area contributed by atoms with Gasteiger partial charge in [0.2, 0.25) is 5.88 Å². The van der Waals surface area contributed by atoms with E-state index in [4.69, 9.17) is 9.97 Å². The molecule has 0 fully saturated rings. The van der Waals surface area contributed by atoms with Crippen LogP contribution in [0.3, 0.4) is 0 Å². The minimum Gasteiger partial charge on any atom is -0.493 e. The van der Waals surface area contributed by atoms with E-state index in [0.717, 1.165) is 28.1 Å². The molecule has 0 aliphatic rings. The van der Waals surface area contributed by atoms with Crippen LogP contribution in [-0.4, -0.2) is 24.5 Å². The van der Waals surface area contributed by atoms with Crippen molar-refractivity contribution in [3.05, 3.63) is 114 Å². The van der Waals surface area contributed by atoms with Gasteiger partial charge in [-0.1, -0.05) is 60.7 Å². The predicted octanol–water partition coefficient (Wildman–Crippen LogP) is 5.10. The lowest BCUT2D eigenvalue weighted by molar-refractivity contribution is 0.442. The zero-order valence-electron chi connectivity index (χ0n) is 16.7. The van der Waals surface area contributed by atoms with E-state index in [2.05, 4.69) is 17.1 Å². The molecule has 1 N–H and O–H groups in total. The average molecular weight is 429 g/mol. The molecule has 0 spiro atoms. The van der Waals surface area contributed by atoms with Crippen molar-refractivity contribution in [1.82, 2.24) is 19.4 Å². The summed E-state index contributed by atoms with van der Waals surface area (Å²) in [5.74, 6) is 0.149. The Bertz CT molecular complexity index is 1290. The Labute approximate surface area is 186 Å². The third-order valence-corrected chi connectivity index (χ3v) is 5.13. The molecule has 2 aromatic carbocycles. The third kappa shape index (κ3) is 4.27. The van der Waals surface area contributed by atoms with Crippen LogP contribution in [0, 0.1) is 0 Å². The van der Waals surface area contributed by atoms with Gasteiger partial charge in [0.25, 0.3) is 0 Å². The number of benzene rings is 2. The Balaban J connectivity index is 0.00000231. The molecule has 0 aliphatic carbocycles. The maximum atomic E-state index is 11.0. The molecular formula is C25H21ClN4O. The number of pyridine rings is 1. The van der Waals surface area contributed by atoms with Crippen LogP contribution in [0.2, 0.25) is 0 Å². The highest BCUT2D eigenvalue weighted by molar-refractivity contribution is 5.85. The van der Waals surface area contributed by atoms with Gasteiger partial charge in [-0.15, -0.1) is 12.4 Å². The van der Waals surface area contributed by atoms with Crippen molar-refractivity contribution in [2.24, 2.45) is 0 Å². The molecule has 0 saturated carbocycles. The fourth-order valence-electron chi connectivity index (χ4n) is 3.61. The summed E-state index contributed by atoms with van der Waals surface area (Å²) in [5.41, 5.74) is 6.14. The number of hydrogen-bond acceptors (Lipinski definition) is 4. The van der Waals surface area contributed by atoms with Gasteiger partial charge >= 0.3 is 0 Å². The first-order chi connectivity index (χ1) is 14.8.